The van der Waals surface area contributed by atoms with Crippen LogP contribution in [0.25, 0.3) is 0 Å². The molecule has 0 saturated carbocycles. The molecule has 3 nitrogen and oxygen atoms in total. The van der Waals surface area contributed by atoms with Gasteiger partial charge in [-0.05, 0) is 67.7 Å². The van der Waals surface area contributed by atoms with Gasteiger partial charge in [0.05, 0.1) is 5.75 Å². The molecule has 132 valence electrons. The van der Waals surface area contributed by atoms with Crippen molar-refractivity contribution < 1.29 is 4.79 Å². The van der Waals surface area contributed by atoms with Crippen LogP contribution in [-0.4, -0.2) is 30.7 Å². The van der Waals surface area contributed by atoms with E-state index in [1.165, 1.54) is 46.4 Å². The van der Waals surface area contributed by atoms with Crippen molar-refractivity contribution in [1.82, 2.24) is 10.2 Å². The van der Waals surface area contributed by atoms with Crippen LogP contribution in [0.3, 0.4) is 0 Å². The van der Waals surface area contributed by atoms with Crippen LogP contribution in [-0.2, 0) is 30.7 Å². The number of amides is 1. The molecule has 25 heavy (non-hydrogen) atoms. The standard InChI is InChI=1S/C21H26N2OS/c1-23(2)14-19-7-4-3-6-18(19)13-22-21(24)15-25-20-11-10-16-8-5-9-17(16)12-20/h3-4,6-7,10-12H,5,8-9,13-15H2,1-2H3,(H,22,24). The zero-order valence-electron chi connectivity index (χ0n) is 15.0. The van der Waals surface area contributed by atoms with Crippen molar-refractivity contribution in [2.75, 3.05) is 19.8 Å². The highest BCUT2D eigenvalue weighted by atomic mass is 32.2. The molecule has 0 spiro atoms. The monoisotopic (exact) mass is 354 g/mol. The number of benzene rings is 2. The zero-order valence-corrected chi connectivity index (χ0v) is 15.9. The first-order valence-corrected chi connectivity index (χ1v) is 9.83. The predicted octanol–water partition coefficient (Wildman–Crippen LogP) is 3.65. The molecule has 0 atom stereocenters. The van der Waals surface area contributed by atoms with Crippen molar-refractivity contribution in [3.63, 3.8) is 0 Å². The third kappa shape index (κ3) is 5.10. The molecule has 0 fully saturated rings. The molecule has 3 rings (SSSR count). The van der Waals surface area contributed by atoms with Crippen molar-refractivity contribution >= 4 is 17.7 Å². The molecule has 0 radical (unpaired) electrons. The fraction of sp³-hybridized carbons (Fsp3) is 0.381. The minimum Gasteiger partial charge on any atom is -0.351 e. The third-order valence-corrected chi connectivity index (χ3v) is 5.51. The van der Waals surface area contributed by atoms with E-state index < -0.39 is 0 Å². The number of rotatable bonds is 7. The number of nitrogens with one attached hydrogen (secondary N) is 1. The van der Waals surface area contributed by atoms with Crippen molar-refractivity contribution in [3.8, 4) is 0 Å². The molecule has 0 aliphatic heterocycles. The lowest BCUT2D eigenvalue weighted by molar-refractivity contribution is -0.118. The Kier molecular flexibility index (Phi) is 6.16. The van der Waals surface area contributed by atoms with E-state index in [1.54, 1.807) is 11.8 Å². The molecule has 1 amide bonds. The maximum atomic E-state index is 12.2. The Morgan fingerprint density at radius 1 is 1.08 bits per heavy atom. The molecule has 4 heteroatoms. The zero-order chi connectivity index (χ0) is 17.6. The van der Waals surface area contributed by atoms with E-state index >= 15 is 0 Å². The van der Waals surface area contributed by atoms with E-state index in [-0.39, 0.29) is 5.91 Å². The minimum atomic E-state index is 0.0881. The highest BCUT2D eigenvalue weighted by molar-refractivity contribution is 8.00. The summed E-state index contributed by atoms with van der Waals surface area (Å²) in [5.74, 6) is 0.555. The van der Waals surface area contributed by atoms with Gasteiger partial charge >= 0.3 is 0 Å². The largest absolute Gasteiger partial charge is 0.351 e. The minimum absolute atomic E-state index is 0.0881. The Morgan fingerprint density at radius 2 is 1.84 bits per heavy atom. The number of fused-ring (bicyclic) bond motifs is 1. The summed E-state index contributed by atoms with van der Waals surface area (Å²) in [7, 11) is 4.12. The molecule has 0 heterocycles. The molecule has 1 aliphatic rings. The van der Waals surface area contributed by atoms with Crippen LogP contribution < -0.4 is 5.32 Å². The van der Waals surface area contributed by atoms with Gasteiger partial charge in [0.25, 0.3) is 0 Å². The Hall–Kier alpha value is -1.78. The van der Waals surface area contributed by atoms with Crippen LogP contribution in [0.15, 0.2) is 47.4 Å². The molecule has 0 unspecified atom stereocenters. The summed E-state index contributed by atoms with van der Waals surface area (Å²) in [6, 6.07) is 14.9. The summed E-state index contributed by atoms with van der Waals surface area (Å²) in [5, 5.41) is 3.06. The van der Waals surface area contributed by atoms with Gasteiger partial charge in [-0.3, -0.25) is 4.79 Å². The molecular formula is C21H26N2OS. The second-order valence-corrected chi connectivity index (χ2v) is 7.90. The summed E-state index contributed by atoms with van der Waals surface area (Å²) >= 11 is 1.62. The molecular weight excluding hydrogens is 328 g/mol. The van der Waals surface area contributed by atoms with Gasteiger partial charge < -0.3 is 10.2 Å². The van der Waals surface area contributed by atoms with Crippen LogP contribution in [0.5, 0.6) is 0 Å². The highest BCUT2D eigenvalue weighted by Crippen LogP contribution is 2.27. The maximum Gasteiger partial charge on any atom is 0.230 e. The summed E-state index contributed by atoms with van der Waals surface area (Å²) in [6.45, 7) is 1.48. The van der Waals surface area contributed by atoms with E-state index in [4.69, 9.17) is 0 Å². The molecule has 2 aromatic carbocycles. The highest BCUT2D eigenvalue weighted by Gasteiger charge is 2.12. The second-order valence-electron chi connectivity index (χ2n) is 6.86. The van der Waals surface area contributed by atoms with Gasteiger partial charge in [0, 0.05) is 18.0 Å². The first kappa shape index (κ1) is 18.0. The molecule has 1 aliphatic carbocycles. The lowest BCUT2D eigenvalue weighted by Gasteiger charge is -2.14. The number of aryl methyl sites for hydroxylation is 2. The number of hydrogen-bond donors (Lipinski definition) is 1. The maximum absolute atomic E-state index is 12.2. The molecule has 2 aromatic rings. The van der Waals surface area contributed by atoms with Crippen molar-refractivity contribution in [3.05, 3.63) is 64.7 Å². The van der Waals surface area contributed by atoms with Gasteiger partial charge in [0.15, 0.2) is 0 Å². The first-order valence-electron chi connectivity index (χ1n) is 8.84. The Morgan fingerprint density at radius 3 is 2.64 bits per heavy atom. The number of nitrogens with zero attached hydrogens (tertiary/aromatic N) is 1. The topological polar surface area (TPSA) is 32.3 Å². The summed E-state index contributed by atoms with van der Waals surface area (Å²) in [5.41, 5.74) is 5.39. The normalized spacial score (nSPS) is 13.1. The Labute approximate surface area is 154 Å². The number of carbonyl (C=O) groups excluding carboxylic acids is 1. The molecule has 1 N–H and O–H groups in total. The van der Waals surface area contributed by atoms with Gasteiger partial charge in [0.1, 0.15) is 0 Å². The first-order chi connectivity index (χ1) is 12.1. The van der Waals surface area contributed by atoms with Gasteiger partial charge in [-0.15, -0.1) is 11.8 Å². The second kappa shape index (κ2) is 8.54. The van der Waals surface area contributed by atoms with Crippen LogP contribution >= 0.6 is 11.8 Å². The average Bonchev–Trinajstić information content (AvgIpc) is 3.06. The average molecular weight is 355 g/mol. The van der Waals surface area contributed by atoms with Crippen molar-refractivity contribution in [2.45, 2.75) is 37.2 Å². The fourth-order valence-electron chi connectivity index (χ4n) is 3.26. The molecule has 0 aromatic heterocycles. The quantitative estimate of drug-likeness (QED) is 0.771. The van der Waals surface area contributed by atoms with Gasteiger partial charge in [-0.1, -0.05) is 30.3 Å². The van der Waals surface area contributed by atoms with Gasteiger partial charge in [0.2, 0.25) is 5.91 Å². The fourth-order valence-corrected chi connectivity index (χ4v) is 4.05. The van der Waals surface area contributed by atoms with Gasteiger partial charge in [-0.2, -0.15) is 0 Å². The number of thioether (sulfide) groups is 1. The lowest BCUT2D eigenvalue weighted by atomic mass is 10.1. The Bertz CT molecular complexity index is 742. The number of hydrogen-bond acceptors (Lipinski definition) is 3. The smallest absolute Gasteiger partial charge is 0.230 e. The summed E-state index contributed by atoms with van der Waals surface area (Å²) in [6.07, 6.45) is 3.64. The van der Waals surface area contributed by atoms with E-state index in [0.717, 1.165) is 6.54 Å². The summed E-state index contributed by atoms with van der Waals surface area (Å²) in [4.78, 5) is 15.6. The SMILES string of the molecule is CN(C)Cc1ccccc1CNC(=O)CSc1ccc2c(c1)CCC2. The Balaban J connectivity index is 1.50. The van der Waals surface area contributed by atoms with Crippen LogP contribution in [0.2, 0.25) is 0 Å². The molecule has 0 bridgehead atoms. The van der Waals surface area contributed by atoms with Crippen molar-refractivity contribution in [1.29, 1.82) is 0 Å². The van der Waals surface area contributed by atoms with E-state index in [0.29, 0.717) is 12.3 Å². The lowest BCUT2D eigenvalue weighted by Crippen LogP contribution is -2.25. The van der Waals surface area contributed by atoms with Gasteiger partial charge in [-0.25, -0.2) is 0 Å². The predicted molar refractivity (Wildman–Crippen MR) is 105 cm³/mol. The van der Waals surface area contributed by atoms with E-state index in [9.17, 15) is 4.79 Å². The van der Waals surface area contributed by atoms with Crippen molar-refractivity contribution in [2.24, 2.45) is 0 Å². The third-order valence-electron chi connectivity index (χ3n) is 4.52. The van der Waals surface area contributed by atoms with Crippen LogP contribution in [0.1, 0.15) is 28.7 Å². The number of carbonyl (C=O) groups is 1. The van der Waals surface area contributed by atoms with Crippen LogP contribution in [0.4, 0.5) is 0 Å². The molecule has 0 saturated heterocycles. The summed E-state index contributed by atoms with van der Waals surface area (Å²) < 4.78 is 0. The van der Waals surface area contributed by atoms with Crippen LogP contribution in [0, 0.1) is 0 Å². The van der Waals surface area contributed by atoms with E-state index in [1.807, 2.05) is 12.1 Å². The van der Waals surface area contributed by atoms with E-state index in [2.05, 4.69) is 54.6 Å².